The topological polar surface area (TPSA) is 75.6 Å². The number of fused-ring (bicyclic) bond motifs is 3. The number of hydrogen-bond acceptors (Lipinski definition) is 3. The summed E-state index contributed by atoms with van der Waals surface area (Å²) in [4.78, 5) is 23.8. The Labute approximate surface area is 192 Å². The van der Waals surface area contributed by atoms with Gasteiger partial charge in [0.25, 0.3) is 0 Å². The number of amides is 1. The summed E-state index contributed by atoms with van der Waals surface area (Å²) in [7, 11) is 0. The lowest BCUT2D eigenvalue weighted by Gasteiger charge is -2.20. The van der Waals surface area contributed by atoms with Gasteiger partial charge in [-0.3, -0.25) is 4.79 Å². The summed E-state index contributed by atoms with van der Waals surface area (Å²) in [6, 6.07) is 16.0. The van der Waals surface area contributed by atoms with E-state index in [1.807, 2.05) is 48.5 Å². The van der Waals surface area contributed by atoms with Crippen LogP contribution in [0.5, 0.6) is 0 Å². The van der Waals surface area contributed by atoms with E-state index in [0.717, 1.165) is 28.3 Å². The number of carboxylic acids is 1. The van der Waals surface area contributed by atoms with E-state index >= 15 is 0 Å². The number of halogens is 4. The molecule has 0 fully saturated rings. The van der Waals surface area contributed by atoms with Gasteiger partial charge >= 0.3 is 18.2 Å². The van der Waals surface area contributed by atoms with Crippen molar-refractivity contribution in [3.8, 4) is 11.1 Å². The monoisotopic (exact) mass is 473 g/mol. The maximum Gasteiger partial charge on any atom is 0.419 e. The number of hydrogen-bond donors (Lipinski definition) is 2. The van der Waals surface area contributed by atoms with Gasteiger partial charge in [-0.1, -0.05) is 54.6 Å². The minimum atomic E-state index is -4.97. The fourth-order valence-electron chi connectivity index (χ4n) is 4.19. The molecule has 5 nitrogen and oxygen atoms in total. The van der Waals surface area contributed by atoms with E-state index in [0.29, 0.717) is 12.1 Å². The van der Waals surface area contributed by atoms with Crippen LogP contribution in [0.25, 0.3) is 11.1 Å². The Morgan fingerprint density at radius 2 is 1.56 bits per heavy atom. The van der Waals surface area contributed by atoms with Crippen LogP contribution in [0.1, 0.15) is 40.6 Å². The summed E-state index contributed by atoms with van der Waals surface area (Å²) < 4.78 is 58.3. The predicted molar refractivity (Wildman–Crippen MR) is 115 cm³/mol. The van der Waals surface area contributed by atoms with Gasteiger partial charge in [-0.25, -0.2) is 9.18 Å². The van der Waals surface area contributed by atoms with Gasteiger partial charge in [0, 0.05) is 5.92 Å². The molecular formula is C25H19F4NO4. The molecule has 1 aliphatic rings. The highest BCUT2D eigenvalue weighted by Gasteiger charge is 2.35. The van der Waals surface area contributed by atoms with Crippen LogP contribution in [-0.2, 0) is 15.7 Å². The molecule has 0 unspecified atom stereocenters. The molecule has 4 rings (SSSR count). The van der Waals surface area contributed by atoms with E-state index in [2.05, 4.69) is 5.32 Å². The summed E-state index contributed by atoms with van der Waals surface area (Å²) in [5.41, 5.74) is 2.21. The first-order valence-electron chi connectivity index (χ1n) is 10.3. The first-order chi connectivity index (χ1) is 16.1. The van der Waals surface area contributed by atoms with Crippen LogP contribution in [0.2, 0.25) is 0 Å². The van der Waals surface area contributed by atoms with Gasteiger partial charge < -0.3 is 15.2 Å². The van der Waals surface area contributed by atoms with E-state index in [1.165, 1.54) is 0 Å². The van der Waals surface area contributed by atoms with Crippen molar-refractivity contribution in [3.05, 3.63) is 94.8 Å². The molecular weight excluding hydrogens is 454 g/mol. The third-order valence-corrected chi connectivity index (χ3v) is 5.71. The minimum absolute atomic E-state index is 0.0587. The second-order valence-corrected chi connectivity index (χ2v) is 7.86. The maximum atomic E-state index is 13.6. The van der Waals surface area contributed by atoms with Crippen molar-refractivity contribution in [1.29, 1.82) is 0 Å². The molecule has 0 radical (unpaired) electrons. The second-order valence-electron chi connectivity index (χ2n) is 7.86. The van der Waals surface area contributed by atoms with E-state index < -0.39 is 42.1 Å². The lowest BCUT2D eigenvalue weighted by atomic mass is 9.98. The first-order valence-corrected chi connectivity index (χ1v) is 10.3. The number of rotatable bonds is 6. The maximum absolute atomic E-state index is 13.6. The summed E-state index contributed by atoms with van der Waals surface area (Å²) in [5, 5.41) is 11.5. The zero-order valence-corrected chi connectivity index (χ0v) is 17.6. The molecule has 3 aromatic rings. The zero-order valence-electron chi connectivity index (χ0n) is 17.6. The molecule has 0 saturated carbocycles. The number of benzene rings is 3. The molecule has 0 heterocycles. The molecule has 1 amide bonds. The van der Waals surface area contributed by atoms with E-state index in [4.69, 9.17) is 4.74 Å². The lowest BCUT2D eigenvalue weighted by Crippen LogP contribution is -2.32. The highest BCUT2D eigenvalue weighted by molar-refractivity contribution is 5.79. The summed E-state index contributed by atoms with van der Waals surface area (Å²) in [6.45, 7) is -0.0587. The Balaban J connectivity index is 1.51. The van der Waals surface area contributed by atoms with Crippen LogP contribution < -0.4 is 5.32 Å². The van der Waals surface area contributed by atoms with Crippen LogP contribution in [0.3, 0.4) is 0 Å². The largest absolute Gasteiger partial charge is 0.481 e. The molecule has 9 heteroatoms. The molecule has 1 atom stereocenters. The van der Waals surface area contributed by atoms with Crippen LogP contribution in [0, 0.1) is 5.82 Å². The average Bonchev–Trinajstić information content (AvgIpc) is 3.10. The molecule has 0 saturated heterocycles. The standard InChI is InChI=1S/C25H19F4NO4/c26-21-10-9-14(11-20(21)25(27,28)29)22(12-23(31)32)30-24(33)34-13-19-17-7-3-1-5-15(17)16-6-2-4-8-18(16)19/h1-11,19,22H,12-13H2,(H,30,33)(H,31,32)/t22-/m0/s1. The highest BCUT2D eigenvalue weighted by Crippen LogP contribution is 2.44. The zero-order chi connectivity index (χ0) is 24.5. The average molecular weight is 473 g/mol. The fraction of sp³-hybridized carbons (Fsp3) is 0.200. The molecule has 0 aliphatic heterocycles. The Kier molecular flexibility index (Phi) is 6.28. The smallest absolute Gasteiger partial charge is 0.419 e. The molecule has 34 heavy (non-hydrogen) atoms. The van der Waals surface area contributed by atoms with Gasteiger partial charge in [-0.05, 0) is 39.9 Å². The Hall–Kier alpha value is -3.88. The third-order valence-electron chi connectivity index (χ3n) is 5.71. The van der Waals surface area contributed by atoms with E-state index in [-0.39, 0.29) is 18.1 Å². The Morgan fingerprint density at radius 3 is 2.12 bits per heavy atom. The fourth-order valence-corrected chi connectivity index (χ4v) is 4.19. The van der Waals surface area contributed by atoms with E-state index in [1.54, 1.807) is 0 Å². The van der Waals surface area contributed by atoms with Crippen molar-refractivity contribution in [3.63, 3.8) is 0 Å². The van der Waals surface area contributed by atoms with Crippen LogP contribution in [0.15, 0.2) is 66.7 Å². The predicted octanol–water partition coefficient (Wildman–Crippen LogP) is 5.90. The van der Waals surface area contributed by atoms with Gasteiger partial charge in [-0.15, -0.1) is 0 Å². The molecule has 0 aromatic heterocycles. The van der Waals surface area contributed by atoms with E-state index in [9.17, 15) is 32.3 Å². The quantitative estimate of drug-likeness (QED) is 0.437. The molecule has 0 spiro atoms. The molecule has 3 aromatic carbocycles. The third kappa shape index (κ3) is 4.73. The first kappa shape index (κ1) is 23.3. The summed E-state index contributed by atoms with van der Waals surface area (Å²) in [6.07, 6.45) is -6.68. The Bertz CT molecular complexity index is 1200. The van der Waals surface area contributed by atoms with Crippen molar-refractivity contribution in [2.45, 2.75) is 24.6 Å². The SMILES string of the molecule is O=C(O)C[C@H](NC(=O)OCC1c2ccccc2-c2ccccc21)c1ccc(F)c(C(F)(F)F)c1. The summed E-state index contributed by atoms with van der Waals surface area (Å²) >= 11 is 0. The lowest BCUT2D eigenvalue weighted by molar-refractivity contribution is -0.140. The van der Waals surface area contributed by atoms with Crippen LogP contribution >= 0.6 is 0 Å². The van der Waals surface area contributed by atoms with Crippen LogP contribution in [0.4, 0.5) is 22.4 Å². The van der Waals surface area contributed by atoms with Crippen molar-refractivity contribution >= 4 is 12.1 Å². The van der Waals surface area contributed by atoms with Crippen molar-refractivity contribution in [2.24, 2.45) is 0 Å². The van der Waals surface area contributed by atoms with Crippen molar-refractivity contribution in [1.82, 2.24) is 5.32 Å². The van der Waals surface area contributed by atoms with Crippen LogP contribution in [-0.4, -0.2) is 23.8 Å². The molecule has 0 bridgehead atoms. The highest BCUT2D eigenvalue weighted by atomic mass is 19.4. The number of nitrogens with one attached hydrogen (secondary N) is 1. The number of carbonyl (C=O) groups is 2. The number of carbonyl (C=O) groups excluding carboxylic acids is 1. The number of carboxylic acid groups (broad SMARTS) is 1. The van der Waals surface area contributed by atoms with Gasteiger partial charge in [0.15, 0.2) is 0 Å². The number of alkyl halides is 3. The number of alkyl carbamates (subject to hydrolysis) is 1. The molecule has 176 valence electrons. The van der Waals surface area contributed by atoms with Gasteiger partial charge in [0.2, 0.25) is 0 Å². The van der Waals surface area contributed by atoms with Gasteiger partial charge in [0.05, 0.1) is 18.0 Å². The molecule has 2 N–H and O–H groups in total. The van der Waals surface area contributed by atoms with Gasteiger partial charge in [-0.2, -0.15) is 13.2 Å². The summed E-state index contributed by atoms with van der Waals surface area (Å²) in [5.74, 6) is -3.10. The van der Waals surface area contributed by atoms with Gasteiger partial charge in [0.1, 0.15) is 12.4 Å². The van der Waals surface area contributed by atoms with Crippen molar-refractivity contribution < 1.29 is 37.0 Å². The minimum Gasteiger partial charge on any atom is -0.481 e. The number of aliphatic carboxylic acids is 1. The molecule has 1 aliphatic carbocycles. The van der Waals surface area contributed by atoms with Crippen molar-refractivity contribution in [2.75, 3.05) is 6.61 Å². The number of ether oxygens (including phenoxy) is 1. The Morgan fingerprint density at radius 1 is 0.971 bits per heavy atom. The normalized spacial score (nSPS) is 13.6. The second kappa shape index (κ2) is 9.17.